The molecule has 31 heavy (non-hydrogen) atoms. The van der Waals surface area contributed by atoms with Crippen molar-refractivity contribution in [2.75, 3.05) is 0 Å². The fourth-order valence-electron chi connectivity index (χ4n) is 4.58. The molecule has 3 aromatic rings. The Labute approximate surface area is 199 Å². The molecule has 1 unspecified atom stereocenters. The Morgan fingerprint density at radius 3 is 1.81 bits per heavy atom. The standard InChI is InChI=1S/C26H23.C4H9.Zr/c1-4-10-21(11-5-1)18-24-16-17-25(19-22-12-6-2-7-13-22)26(24)20-23-14-8-3-9-15-23;1-3-4-2;/h1-17H,18-20H2;1,3-4H2,2H3;. The molecule has 0 spiro atoms. The Hall–Kier alpha value is -1.98. The summed E-state index contributed by atoms with van der Waals surface area (Å²) in [6, 6.07) is 33.3. The second-order valence-corrected chi connectivity index (χ2v) is 12.9. The minimum absolute atomic E-state index is 0.292. The molecule has 1 heteroatoms. The van der Waals surface area contributed by atoms with Gasteiger partial charge in [-0.2, -0.15) is 0 Å². The van der Waals surface area contributed by atoms with Gasteiger partial charge in [-0.1, -0.05) is 0 Å². The first kappa shape index (κ1) is 22.2. The summed E-state index contributed by atoms with van der Waals surface area (Å²) in [5, 5.41) is 0. The fourth-order valence-corrected chi connectivity index (χ4v) is 9.42. The van der Waals surface area contributed by atoms with E-state index in [-0.39, 0.29) is 0 Å². The Kier molecular flexibility index (Phi) is 7.93. The molecule has 0 amide bonds. The summed E-state index contributed by atoms with van der Waals surface area (Å²) in [4.78, 5) is 0. The molecule has 0 aromatic heterocycles. The number of rotatable bonds is 10. The van der Waals surface area contributed by atoms with Gasteiger partial charge in [0.05, 0.1) is 0 Å². The van der Waals surface area contributed by atoms with Gasteiger partial charge in [0, 0.05) is 0 Å². The zero-order valence-electron chi connectivity index (χ0n) is 18.6. The minimum atomic E-state index is -0.646. The monoisotopic (exact) mass is 482 g/mol. The van der Waals surface area contributed by atoms with Gasteiger partial charge >= 0.3 is 200 Å². The Morgan fingerprint density at radius 2 is 1.23 bits per heavy atom. The molecule has 0 saturated carbocycles. The van der Waals surface area contributed by atoms with Gasteiger partial charge in [0.25, 0.3) is 0 Å². The van der Waals surface area contributed by atoms with Crippen LogP contribution in [-0.2, 0) is 42.5 Å². The summed E-state index contributed by atoms with van der Waals surface area (Å²) in [5.41, 5.74) is 7.61. The quantitative estimate of drug-likeness (QED) is 0.256. The van der Waals surface area contributed by atoms with E-state index in [9.17, 15) is 0 Å². The van der Waals surface area contributed by atoms with Gasteiger partial charge in [-0.25, -0.2) is 0 Å². The third kappa shape index (κ3) is 5.84. The van der Waals surface area contributed by atoms with E-state index in [2.05, 4.69) is 110 Å². The first-order chi connectivity index (χ1) is 15.3. The molecule has 0 radical (unpaired) electrons. The van der Waals surface area contributed by atoms with E-state index in [0.29, 0.717) is 3.12 Å². The van der Waals surface area contributed by atoms with Crippen LogP contribution in [0.5, 0.6) is 0 Å². The second kappa shape index (κ2) is 11.1. The van der Waals surface area contributed by atoms with E-state index in [1.54, 1.807) is 11.1 Å². The van der Waals surface area contributed by atoms with Gasteiger partial charge in [0.2, 0.25) is 0 Å². The van der Waals surface area contributed by atoms with Crippen LogP contribution in [0.4, 0.5) is 0 Å². The molecule has 1 aliphatic carbocycles. The molecule has 0 N–H and O–H groups in total. The zero-order chi connectivity index (χ0) is 21.4. The van der Waals surface area contributed by atoms with E-state index < -0.39 is 23.2 Å². The van der Waals surface area contributed by atoms with E-state index in [1.165, 1.54) is 40.1 Å². The predicted molar refractivity (Wildman–Crippen MR) is 129 cm³/mol. The summed E-state index contributed by atoms with van der Waals surface area (Å²) < 4.78 is 1.74. The van der Waals surface area contributed by atoms with Crippen molar-refractivity contribution in [3.8, 4) is 0 Å². The molecule has 4 rings (SSSR count). The van der Waals surface area contributed by atoms with E-state index in [4.69, 9.17) is 0 Å². The van der Waals surface area contributed by atoms with Gasteiger partial charge in [-0.05, 0) is 0 Å². The second-order valence-electron chi connectivity index (χ2n) is 8.58. The average molecular weight is 484 g/mol. The van der Waals surface area contributed by atoms with Crippen LogP contribution in [0.15, 0.2) is 114 Å². The summed E-state index contributed by atoms with van der Waals surface area (Å²) in [5.74, 6) is 0. The van der Waals surface area contributed by atoms with Gasteiger partial charge < -0.3 is 0 Å². The number of hydrogen-bond acceptors (Lipinski definition) is 0. The Morgan fingerprint density at radius 1 is 0.677 bits per heavy atom. The van der Waals surface area contributed by atoms with Gasteiger partial charge in [-0.3, -0.25) is 0 Å². The molecule has 1 aliphatic rings. The van der Waals surface area contributed by atoms with Crippen molar-refractivity contribution >= 4 is 0 Å². The molecule has 0 bridgehead atoms. The molecule has 0 saturated heterocycles. The normalized spacial score (nSPS) is 17.8. The van der Waals surface area contributed by atoms with Crippen molar-refractivity contribution in [3.05, 3.63) is 131 Å². The van der Waals surface area contributed by atoms with Crippen LogP contribution in [0.25, 0.3) is 0 Å². The molecule has 0 fully saturated rings. The molecule has 156 valence electrons. The summed E-state index contributed by atoms with van der Waals surface area (Å²) >= 11 is -0.646. The van der Waals surface area contributed by atoms with Crippen LogP contribution >= 0.6 is 0 Å². The van der Waals surface area contributed by atoms with Gasteiger partial charge in [0.1, 0.15) is 0 Å². The van der Waals surface area contributed by atoms with Gasteiger partial charge in [-0.15, -0.1) is 0 Å². The molecule has 1 atom stereocenters. The average Bonchev–Trinajstić information content (AvgIpc) is 3.13. The summed E-state index contributed by atoms with van der Waals surface area (Å²) in [6.45, 7) is 2.33. The summed E-state index contributed by atoms with van der Waals surface area (Å²) in [7, 11) is 0. The van der Waals surface area contributed by atoms with Crippen LogP contribution in [0, 0.1) is 0 Å². The Balaban J connectivity index is 1.73. The summed E-state index contributed by atoms with van der Waals surface area (Å²) in [6.07, 6.45) is 11.1. The van der Waals surface area contributed by atoms with Crippen LogP contribution < -0.4 is 0 Å². The number of unbranched alkanes of at least 4 members (excludes halogenated alkanes) is 1. The SMILES string of the molecule is CCC[CH2][Zr][C]1(Cc2ccccc2)C=CC(Cc2ccccc2)=C1Cc1ccccc1. The first-order valence-electron chi connectivity index (χ1n) is 11.6. The molecular formula is C30H32Zr. The van der Waals surface area contributed by atoms with Crippen molar-refractivity contribution in [3.63, 3.8) is 0 Å². The molecule has 0 heterocycles. The molecule has 3 aromatic carbocycles. The van der Waals surface area contributed by atoms with E-state index in [1.807, 2.05) is 0 Å². The van der Waals surface area contributed by atoms with Crippen LogP contribution in [0.1, 0.15) is 36.5 Å². The maximum atomic E-state index is 2.62. The van der Waals surface area contributed by atoms with Crippen molar-refractivity contribution in [1.29, 1.82) is 0 Å². The molecule has 0 aliphatic heterocycles. The Bertz CT molecular complexity index is 1000. The maximum absolute atomic E-state index is 2.62. The van der Waals surface area contributed by atoms with E-state index >= 15 is 0 Å². The third-order valence-corrected chi connectivity index (χ3v) is 10.9. The fraction of sp³-hybridized carbons (Fsp3) is 0.267. The van der Waals surface area contributed by atoms with Crippen molar-refractivity contribution in [1.82, 2.24) is 0 Å². The molecular weight excluding hydrogens is 452 g/mol. The first-order valence-corrected chi connectivity index (χ1v) is 14.5. The molecule has 0 nitrogen and oxygen atoms in total. The number of allylic oxidation sites excluding steroid dienone is 4. The van der Waals surface area contributed by atoms with E-state index in [0.717, 1.165) is 12.8 Å². The van der Waals surface area contributed by atoms with Crippen molar-refractivity contribution < 1.29 is 23.2 Å². The zero-order valence-corrected chi connectivity index (χ0v) is 21.0. The van der Waals surface area contributed by atoms with Crippen LogP contribution in [0.3, 0.4) is 0 Å². The third-order valence-electron chi connectivity index (χ3n) is 6.25. The number of hydrogen-bond donors (Lipinski definition) is 0. The van der Waals surface area contributed by atoms with Gasteiger partial charge in [0.15, 0.2) is 0 Å². The number of benzene rings is 3. The van der Waals surface area contributed by atoms with Crippen LogP contribution in [-0.4, -0.2) is 0 Å². The predicted octanol–water partition coefficient (Wildman–Crippen LogP) is 8.04. The van der Waals surface area contributed by atoms with Crippen molar-refractivity contribution in [2.45, 2.75) is 46.3 Å². The van der Waals surface area contributed by atoms with Crippen LogP contribution in [0.2, 0.25) is 7.25 Å². The topological polar surface area (TPSA) is 0 Å². The van der Waals surface area contributed by atoms with Crippen molar-refractivity contribution in [2.24, 2.45) is 0 Å².